The molecule has 4 nitrogen and oxygen atoms in total. The van der Waals surface area contributed by atoms with Gasteiger partial charge in [0, 0.05) is 56.0 Å². The van der Waals surface area contributed by atoms with Gasteiger partial charge in [0.1, 0.15) is 5.82 Å². The maximum absolute atomic E-state index is 13.6. The number of rotatable bonds is 5. The van der Waals surface area contributed by atoms with Crippen LogP contribution in [-0.2, 0) is 0 Å². The summed E-state index contributed by atoms with van der Waals surface area (Å²) >= 11 is 0. The fraction of sp³-hybridized carbons (Fsp3) is 0.200. The number of halogens is 3. The summed E-state index contributed by atoms with van der Waals surface area (Å²) in [5, 5.41) is 0. The zero-order valence-electron chi connectivity index (χ0n) is 20.3. The molecule has 3 aromatic carbocycles. The second-order valence-corrected chi connectivity index (χ2v) is 9.21. The Bertz CT molecular complexity index is 1430. The zero-order valence-corrected chi connectivity index (χ0v) is 20.3. The van der Waals surface area contributed by atoms with Crippen LogP contribution >= 0.6 is 0 Å². The first kappa shape index (κ1) is 24.6. The molecule has 0 aliphatic carbocycles. The van der Waals surface area contributed by atoms with Crippen molar-refractivity contribution in [2.24, 2.45) is 4.99 Å². The lowest BCUT2D eigenvalue weighted by Gasteiger charge is -2.31. The minimum atomic E-state index is -2.69. The van der Waals surface area contributed by atoms with Gasteiger partial charge in [-0.25, -0.2) is 13.2 Å². The topological polar surface area (TPSA) is 48.5 Å². The van der Waals surface area contributed by atoms with E-state index in [4.69, 9.17) is 0 Å². The number of amides is 1. The van der Waals surface area contributed by atoms with Crippen LogP contribution < -0.4 is 0 Å². The molecule has 1 aliphatic rings. The van der Waals surface area contributed by atoms with E-state index in [0.29, 0.717) is 5.56 Å². The lowest BCUT2D eigenvalue weighted by atomic mass is 9.93. The van der Waals surface area contributed by atoms with Crippen molar-refractivity contribution < 1.29 is 18.0 Å². The average molecular weight is 502 g/mol. The van der Waals surface area contributed by atoms with E-state index in [2.05, 4.69) is 9.98 Å². The first-order valence-corrected chi connectivity index (χ1v) is 12.1. The van der Waals surface area contributed by atoms with Crippen molar-refractivity contribution in [2.45, 2.75) is 18.8 Å². The van der Waals surface area contributed by atoms with Crippen LogP contribution in [0.15, 0.2) is 83.9 Å². The summed E-state index contributed by atoms with van der Waals surface area (Å²) in [7, 11) is 1.71. The number of aliphatic imine (C=N–C) groups is 1. The zero-order chi connectivity index (χ0) is 26.0. The fourth-order valence-electron chi connectivity index (χ4n) is 4.64. The molecule has 1 saturated heterocycles. The van der Waals surface area contributed by atoms with Gasteiger partial charge < -0.3 is 9.88 Å². The van der Waals surface area contributed by atoms with Gasteiger partial charge in [-0.2, -0.15) is 0 Å². The highest BCUT2D eigenvalue weighted by Crippen LogP contribution is 2.36. The molecule has 0 spiro atoms. The first-order valence-electron chi connectivity index (χ1n) is 12.1. The van der Waals surface area contributed by atoms with Gasteiger partial charge in [-0.15, -0.1) is 0 Å². The van der Waals surface area contributed by atoms with Gasteiger partial charge in [-0.05, 0) is 64.7 Å². The third-order valence-corrected chi connectivity index (χ3v) is 6.69. The molecule has 1 N–H and O–H groups in total. The monoisotopic (exact) mass is 501 g/mol. The smallest absolute Gasteiger partial charge is 0.253 e. The number of nitrogens with zero attached hydrogens (tertiary/aromatic N) is 2. The molecule has 0 bridgehead atoms. The third-order valence-electron chi connectivity index (χ3n) is 6.69. The maximum Gasteiger partial charge on any atom is 0.253 e. The number of hydrogen-bond acceptors (Lipinski definition) is 2. The van der Waals surface area contributed by atoms with Crippen molar-refractivity contribution in [2.75, 3.05) is 20.1 Å². The molecular weight excluding hydrogens is 475 g/mol. The number of H-pyrrole nitrogens is 1. The largest absolute Gasteiger partial charge is 0.354 e. The lowest BCUT2D eigenvalue weighted by Crippen LogP contribution is -2.42. The molecule has 0 radical (unpaired) electrons. The molecular formula is C30H26F3N3O. The Balaban J connectivity index is 1.46. The number of hydrogen-bond donors (Lipinski definition) is 1. The number of piperidine rings is 1. The molecule has 1 aliphatic heterocycles. The van der Waals surface area contributed by atoms with E-state index in [0.717, 1.165) is 39.2 Å². The van der Waals surface area contributed by atoms with E-state index in [1.54, 1.807) is 37.5 Å². The predicted octanol–water partition coefficient (Wildman–Crippen LogP) is 7.07. The molecule has 5 rings (SSSR count). The Morgan fingerprint density at radius 2 is 1.51 bits per heavy atom. The second kappa shape index (κ2) is 10.1. The number of carbonyl (C=O) groups is 1. The summed E-state index contributed by atoms with van der Waals surface area (Å²) in [6.07, 6.45) is 1.14. The van der Waals surface area contributed by atoms with Crippen molar-refractivity contribution in [1.29, 1.82) is 0 Å². The Labute approximate surface area is 213 Å². The van der Waals surface area contributed by atoms with Gasteiger partial charge in [0.2, 0.25) is 0 Å². The number of benzene rings is 3. The number of aromatic nitrogens is 1. The van der Waals surface area contributed by atoms with Gasteiger partial charge in [0.25, 0.3) is 11.8 Å². The molecule has 2 heterocycles. The summed E-state index contributed by atoms with van der Waals surface area (Å²) in [4.78, 5) is 21.7. The fourth-order valence-corrected chi connectivity index (χ4v) is 4.64. The van der Waals surface area contributed by atoms with E-state index in [9.17, 15) is 18.0 Å². The molecule has 0 saturated carbocycles. The van der Waals surface area contributed by atoms with Crippen molar-refractivity contribution in [1.82, 2.24) is 9.88 Å². The van der Waals surface area contributed by atoms with E-state index < -0.39 is 5.92 Å². The molecule has 1 amide bonds. The Morgan fingerprint density at radius 1 is 0.865 bits per heavy atom. The van der Waals surface area contributed by atoms with Crippen LogP contribution in [0.2, 0.25) is 0 Å². The van der Waals surface area contributed by atoms with Gasteiger partial charge in [0.15, 0.2) is 0 Å². The molecule has 188 valence electrons. The van der Waals surface area contributed by atoms with Crippen LogP contribution in [0.25, 0.3) is 33.5 Å². The molecule has 7 heteroatoms. The Morgan fingerprint density at radius 3 is 2.19 bits per heavy atom. The second-order valence-electron chi connectivity index (χ2n) is 9.21. The number of aromatic amines is 1. The number of nitrogens with one attached hydrogen (secondary N) is 1. The SMILES string of the molecule is CN=Cc1ccc(-c2ccc(-c3ccc(C(=O)N4CCC(F)(F)CC4)cc3)cc2-c2ccc(F)cc2)[nH]1. The van der Waals surface area contributed by atoms with Gasteiger partial charge in [-0.1, -0.05) is 36.4 Å². The van der Waals surface area contributed by atoms with Crippen molar-refractivity contribution in [3.63, 3.8) is 0 Å². The lowest BCUT2D eigenvalue weighted by molar-refractivity contribution is -0.0494. The summed E-state index contributed by atoms with van der Waals surface area (Å²) in [5.74, 6) is -3.23. The number of likely N-dealkylation sites (tertiary alicyclic amines) is 1. The van der Waals surface area contributed by atoms with Crippen molar-refractivity contribution in [3.05, 3.63) is 95.9 Å². The minimum absolute atomic E-state index is 0.0562. The van der Waals surface area contributed by atoms with Crippen molar-refractivity contribution in [3.8, 4) is 33.5 Å². The van der Waals surface area contributed by atoms with Crippen LogP contribution in [0.1, 0.15) is 28.9 Å². The number of alkyl halides is 2. The maximum atomic E-state index is 13.6. The Hall–Kier alpha value is -4.13. The Kier molecular flexibility index (Phi) is 6.70. The average Bonchev–Trinajstić information content (AvgIpc) is 3.37. The van der Waals surface area contributed by atoms with Crippen LogP contribution in [-0.4, -0.2) is 48.1 Å². The summed E-state index contributed by atoms with van der Waals surface area (Å²) < 4.78 is 40.6. The van der Waals surface area contributed by atoms with Gasteiger partial charge in [-0.3, -0.25) is 9.79 Å². The highest BCUT2D eigenvalue weighted by atomic mass is 19.3. The highest BCUT2D eigenvalue weighted by Gasteiger charge is 2.35. The summed E-state index contributed by atoms with van der Waals surface area (Å²) in [6.45, 7) is 0.112. The molecule has 0 atom stereocenters. The standard InChI is InChI=1S/C30H26F3N3O/c1-34-19-25-11-13-28(35-25)26-12-8-23(18-27(26)21-6-9-24(31)10-7-21)20-2-4-22(5-3-20)29(37)36-16-14-30(32,33)15-17-36/h2-13,18-19,35H,14-17H2,1H3. The molecule has 0 unspecified atom stereocenters. The third kappa shape index (κ3) is 5.35. The molecule has 37 heavy (non-hydrogen) atoms. The van der Waals surface area contributed by atoms with E-state index in [1.807, 2.05) is 42.5 Å². The molecule has 1 aromatic heterocycles. The minimum Gasteiger partial charge on any atom is -0.354 e. The van der Waals surface area contributed by atoms with Crippen LogP contribution in [0, 0.1) is 5.82 Å². The number of carbonyl (C=O) groups excluding carboxylic acids is 1. The first-order chi connectivity index (χ1) is 17.8. The highest BCUT2D eigenvalue weighted by molar-refractivity contribution is 5.95. The normalized spacial score (nSPS) is 15.3. The summed E-state index contributed by atoms with van der Waals surface area (Å²) in [5.41, 5.74) is 6.85. The molecule has 1 fully saturated rings. The predicted molar refractivity (Wildman–Crippen MR) is 141 cm³/mol. The van der Waals surface area contributed by atoms with Crippen molar-refractivity contribution >= 4 is 12.1 Å². The van der Waals surface area contributed by atoms with Gasteiger partial charge >= 0.3 is 0 Å². The summed E-state index contributed by atoms with van der Waals surface area (Å²) in [6, 6.07) is 23.5. The van der Waals surface area contributed by atoms with Crippen LogP contribution in [0.4, 0.5) is 13.2 Å². The van der Waals surface area contributed by atoms with Crippen LogP contribution in [0.5, 0.6) is 0 Å². The van der Waals surface area contributed by atoms with Gasteiger partial charge in [0.05, 0.1) is 5.69 Å². The van der Waals surface area contributed by atoms with E-state index in [1.165, 1.54) is 17.0 Å². The van der Waals surface area contributed by atoms with E-state index >= 15 is 0 Å². The van der Waals surface area contributed by atoms with E-state index in [-0.39, 0.29) is 37.7 Å². The quantitative estimate of drug-likeness (QED) is 0.292. The molecule has 4 aromatic rings. The van der Waals surface area contributed by atoms with Crippen LogP contribution in [0.3, 0.4) is 0 Å².